The van der Waals surface area contributed by atoms with E-state index in [1.165, 1.54) is 6.92 Å². The number of likely N-dealkylation sites (tertiary alicyclic amines) is 1. The van der Waals surface area contributed by atoms with Gasteiger partial charge in [0.2, 0.25) is 17.7 Å². The lowest BCUT2D eigenvalue weighted by molar-refractivity contribution is -0.138. The zero-order valence-corrected chi connectivity index (χ0v) is 15.8. The van der Waals surface area contributed by atoms with Crippen molar-refractivity contribution in [3.63, 3.8) is 0 Å². The van der Waals surface area contributed by atoms with E-state index in [9.17, 15) is 9.59 Å². The van der Waals surface area contributed by atoms with E-state index in [4.69, 9.17) is 4.74 Å². The van der Waals surface area contributed by atoms with Gasteiger partial charge in [0.05, 0.1) is 12.2 Å². The smallest absolute Gasteiger partial charge is 0.245 e. The van der Waals surface area contributed by atoms with E-state index < -0.39 is 6.04 Å². The third kappa shape index (κ3) is 6.19. The summed E-state index contributed by atoms with van der Waals surface area (Å²) < 4.78 is 5.87. The van der Waals surface area contributed by atoms with Crippen molar-refractivity contribution in [2.45, 2.75) is 45.3 Å². The molecule has 138 valence electrons. The number of thioether (sulfide) groups is 1. The minimum Gasteiger partial charge on any atom is -0.471 e. The summed E-state index contributed by atoms with van der Waals surface area (Å²) >= 11 is 1.66. The van der Waals surface area contributed by atoms with Crippen molar-refractivity contribution in [1.82, 2.24) is 20.4 Å². The second-order valence-electron chi connectivity index (χ2n) is 6.21. The summed E-state index contributed by atoms with van der Waals surface area (Å²) in [7, 11) is 0. The highest BCUT2D eigenvalue weighted by molar-refractivity contribution is 7.98. The Bertz CT molecular complexity index is 582. The summed E-state index contributed by atoms with van der Waals surface area (Å²) in [6.07, 6.45) is 4.25. The molecule has 1 N–H and O–H groups in total. The molecule has 1 fully saturated rings. The van der Waals surface area contributed by atoms with Gasteiger partial charge in [-0.1, -0.05) is 0 Å². The number of ether oxygens (including phenoxy) is 1. The summed E-state index contributed by atoms with van der Waals surface area (Å²) in [5.74, 6) is 1.08. The van der Waals surface area contributed by atoms with Gasteiger partial charge >= 0.3 is 0 Å². The molecule has 1 aromatic heterocycles. The lowest BCUT2D eigenvalue weighted by atomic mass is 10.1. The van der Waals surface area contributed by atoms with Crippen molar-refractivity contribution in [2.75, 3.05) is 25.1 Å². The first-order valence-electron chi connectivity index (χ1n) is 8.51. The Morgan fingerprint density at radius 2 is 2.24 bits per heavy atom. The van der Waals surface area contributed by atoms with Crippen LogP contribution < -0.4 is 10.1 Å². The predicted molar refractivity (Wildman–Crippen MR) is 97.6 cm³/mol. The van der Waals surface area contributed by atoms with E-state index >= 15 is 0 Å². The van der Waals surface area contributed by atoms with Crippen molar-refractivity contribution in [3.05, 3.63) is 17.8 Å². The molecule has 1 aliphatic heterocycles. The fourth-order valence-corrected chi connectivity index (χ4v) is 3.29. The number of hydrogen-bond acceptors (Lipinski definition) is 6. The van der Waals surface area contributed by atoms with Gasteiger partial charge in [-0.05, 0) is 44.3 Å². The van der Waals surface area contributed by atoms with Crippen molar-refractivity contribution < 1.29 is 14.3 Å². The molecule has 1 aromatic rings. The number of aromatic nitrogens is 2. The Kier molecular flexibility index (Phi) is 7.49. The van der Waals surface area contributed by atoms with Crippen LogP contribution in [0.4, 0.5) is 0 Å². The molecule has 0 radical (unpaired) electrons. The number of nitrogens with one attached hydrogen (secondary N) is 1. The molecule has 7 nitrogen and oxygen atoms in total. The van der Waals surface area contributed by atoms with Gasteiger partial charge in [0.1, 0.15) is 12.1 Å². The molecule has 0 aromatic carbocycles. The molecule has 8 heteroatoms. The summed E-state index contributed by atoms with van der Waals surface area (Å²) in [5, 5.41) is 10.8. The van der Waals surface area contributed by atoms with Crippen LogP contribution >= 0.6 is 11.8 Å². The third-order valence-electron chi connectivity index (χ3n) is 4.04. The predicted octanol–water partition coefficient (Wildman–Crippen LogP) is 1.41. The number of hydrogen-bond donors (Lipinski definition) is 1. The molecule has 0 saturated carbocycles. The fraction of sp³-hybridized carbons (Fsp3) is 0.647. The molecular formula is C17H26N4O3S. The molecule has 0 aliphatic carbocycles. The van der Waals surface area contributed by atoms with E-state index in [-0.39, 0.29) is 17.9 Å². The monoisotopic (exact) mass is 366 g/mol. The highest BCUT2D eigenvalue weighted by atomic mass is 32.2. The second kappa shape index (κ2) is 9.60. The maximum Gasteiger partial charge on any atom is 0.245 e. The number of piperidine rings is 1. The third-order valence-corrected chi connectivity index (χ3v) is 4.68. The average Bonchev–Trinajstić information content (AvgIpc) is 2.60. The topological polar surface area (TPSA) is 84.4 Å². The summed E-state index contributed by atoms with van der Waals surface area (Å²) in [6.45, 7) is 4.50. The first-order chi connectivity index (χ1) is 12.0. The van der Waals surface area contributed by atoms with Crippen LogP contribution in [-0.4, -0.2) is 64.2 Å². The van der Waals surface area contributed by atoms with E-state index in [1.54, 1.807) is 22.7 Å². The Balaban J connectivity index is 1.96. The molecule has 2 atom stereocenters. The molecule has 0 spiro atoms. The molecular weight excluding hydrogens is 340 g/mol. The van der Waals surface area contributed by atoms with Gasteiger partial charge in [0.25, 0.3) is 0 Å². The highest BCUT2D eigenvalue weighted by Crippen LogP contribution is 2.18. The van der Waals surface area contributed by atoms with Gasteiger partial charge < -0.3 is 15.0 Å². The number of aryl methyl sites for hydroxylation is 1. The molecule has 2 heterocycles. The van der Waals surface area contributed by atoms with Gasteiger partial charge in [0.15, 0.2) is 0 Å². The largest absolute Gasteiger partial charge is 0.471 e. The minimum atomic E-state index is -0.470. The highest BCUT2D eigenvalue weighted by Gasteiger charge is 2.30. The van der Waals surface area contributed by atoms with E-state index in [0.29, 0.717) is 25.4 Å². The molecule has 2 amide bonds. The Hall–Kier alpha value is -1.83. The van der Waals surface area contributed by atoms with Gasteiger partial charge in [-0.15, -0.1) is 5.10 Å². The van der Waals surface area contributed by atoms with Crippen molar-refractivity contribution in [2.24, 2.45) is 0 Å². The maximum atomic E-state index is 12.8. The van der Waals surface area contributed by atoms with Gasteiger partial charge in [-0.25, -0.2) is 0 Å². The SMILES string of the molecule is CSCC[C@H](NC(C)=O)C(=O)N1CCC[C@@H](Oc2ccc(C)nn2)C1. The second-order valence-corrected chi connectivity index (χ2v) is 7.20. The first-order valence-corrected chi connectivity index (χ1v) is 9.90. The van der Waals surface area contributed by atoms with Crippen LogP contribution in [0, 0.1) is 6.92 Å². The van der Waals surface area contributed by atoms with Gasteiger partial charge in [-0.3, -0.25) is 9.59 Å². The maximum absolute atomic E-state index is 12.8. The number of rotatable bonds is 7. The Morgan fingerprint density at radius 3 is 2.88 bits per heavy atom. The lowest BCUT2D eigenvalue weighted by Crippen LogP contribution is -2.52. The summed E-state index contributed by atoms with van der Waals surface area (Å²) in [6, 6.07) is 3.17. The molecule has 1 saturated heterocycles. The lowest BCUT2D eigenvalue weighted by Gasteiger charge is -2.34. The fourth-order valence-electron chi connectivity index (χ4n) is 2.81. The van der Waals surface area contributed by atoms with Crippen molar-refractivity contribution in [1.29, 1.82) is 0 Å². The number of nitrogens with zero attached hydrogens (tertiary/aromatic N) is 3. The zero-order chi connectivity index (χ0) is 18.2. The summed E-state index contributed by atoms with van der Waals surface area (Å²) in [5.41, 5.74) is 0.833. The standard InChI is InChI=1S/C17H26N4O3S/c1-12-6-7-16(20-19-12)24-14-5-4-9-21(11-14)17(23)15(8-10-25-3)18-13(2)22/h6-7,14-15H,4-5,8-11H2,1-3H3,(H,18,22)/t14-,15+/m1/s1. The Labute approximate surface area is 152 Å². The van der Waals surface area contributed by atoms with Gasteiger partial charge in [0, 0.05) is 19.5 Å². The van der Waals surface area contributed by atoms with E-state index in [1.807, 2.05) is 19.2 Å². The normalized spacial score (nSPS) is 18.5. The van der Waals surface area contributed by atoms with Crippen molar-refractivity contribution in [3.8, 4) is 5.88 Å². The van der Waals surface area contributed by atoms with Crippen LogP contribution in [0.1, 0.15) is 31.9 Å². The molecule has 0 unspecified atom stereocenters. The van der Waals surface area contributed by atoms with E-state index in [2.05, 4.69) is 15.5 Å². The van der Waals surface area contributed by atoms with E-state index in [0.717, 1.165) is 24.3 Å². The molecule has 25 heavy (non-hydrogen) atoms. The van der Waals surface area contributed by atoms with Crippen LogP contribution in [0.2, 0.25) is 0 Å². The molecule has 2 rings (SSSR count). The van der Waals surface area contributed by atoms with Crippen LogP contribution in [-0.2, 0) is 9.59 Å². The van der Waals surface area contributed by atoms with Crippen LogP contribution in [0.15, 0.2) is 12.1 Å². The van der Waals surface area contributed by atoms with Crippen LogP contribution in [0.25, 0.3) is 0 Å². The van der Waals surface area contributed by atoms with Crippen molar-refractivity contribution >= 4 is 23.6 Å². The van der Waals surface area contributed by atoms with Crippen LogP contribution in [0.3, 0.4) is 0 Å². The number of carbonyl (C=O) groups excluding carboxylic acids is 2. The summed E-state index contributed by atoms with van der Waals surface area (Å²) in [4.78, 5) is 26.0. The van der Waals surface area contributed by atoms with Gasteiger partial charge in [-0.2, -0.15) is 16.9 Å². The molecule has 1 aliphatic rings. The molecule has 0 bridgehead atoms. The average molecular weight is 366 g/mol. The Morgan fingerprint density at radius 1 is 1.44 bits per heavy atom. The first kappa shape index (κ1) is 19.5. The zero-order valence-electron chi connectivity index (χ0n) is 15.0. The quantitative estimate of drug-likeness (QED) is 0.785. The minimum absolute atomic E-state index is 0.0347. The number of carbonyl (C=O) groups is 2. The number of amides is 2. The van der Waals surface area contributed by atoms with Crippen LogP contribution in [0.5, 0.6) is 5.88 Å².